The van der Waals surface area contributed by atoms with Gasteiger partial charge in [0.15, 0.2) is 0 Å². The molecule has 0 saturated carbocycles. The van der Waals surface area contributed by atoms with Crippen LogP contribution in [0, 0.1) is 6.92 Å². The van der Waals surface area contributed by atoms with Crippen molar-refractivity contribution >= 4 is 23.6 Å². The number of rotatable bonds is 7. The highest BCUT2D eigenvalue weighted by Crippen LogP contribution is 2.21. The summed E-state index contributed by atoms with van der Waals surface area (Å²) in [6.07, 6.45) is 4.28. The van der Waals surface area contributed by atoms with Crippen molar-refractivity contribution in [1.82, 2.24) is 9.80 Å². The average Bonchev–Trinajstić information content (AvgIpc) is 2.78. The van der Waals surface area contributed by atoms with Gasteiger partial charge in [-0.1, -0.05) is 36.8 Å². The standard InChI is InChI=1S/C25H31N3O3/c1-4-20-7-5-6-8-22(20)26-24(29)18-27-13-15-28(16-14-27)25(30)12-10-21-17-19(2)9-11-23(21)31-3/h5-12,17H,4,13-16,18H2,1-3H3,(H,26,29)/b12-10+. The van der Waals surface area contributed by atoms with Crippen LogP contribution in [0.2, 0.25) is 0 Å². The van der Waals surface area contributed by atoms with E-state index in [1.165, 1.54) is 0 Å². The molecule has 0 radical (unpaired) electrons. The molecule has 0 bridgehead atoms. The van der Waals surface area contributed by atoms with Gasteiger partial charge in [-0.25, -0.2) is 0 Å². The molecule has 0 unspecified atom stereocenters. The Morgan fingerprint density at radius 1 is 1.10 bits per heavy atom. The molecule has 0 aromatic heterocycles. The Morgan fingerprint density at radius 3 is 2.55 bits per heavy atom. The molecule has 3 rings (SSSR count). The number of benzene rings is 2. The topological polar surface area (TPSA) is 61.9 Å². The predicted octanol–water partition coefficient (Wildman–Crippen LogP) is 3.36. The molecule has 0 aliphatic carbocycles. The highest BCUT2D eigenvalue weighted by molar-refractivity contribution is 5.93. The zero-order chi connectivity index (χ0) is 22.2. The van der Waals surface area contributed by atoms with E-state index in [1.54, 1.807) is 19.3 Å². The number of nitrogens with one attached hydrogen (secondary N) is 1. The van der Waals surface area contributed by atoms with Crippen molar-refractivity contribution < 1.29 is 14.3 Å². The van der Waals surface area contributed by atoms with Gasteiger partial charge in [-0.05, 0) is 43.2 Å². The van der Waals surface area contributed by atoms with E-state index in [1.807, 2.05) is 54.3 Å². The quantitative estimate of drug-likeness (QED) is 0.697. The van der Waals surface area contributed by atoms with E-state index in [2.05, 4.69) is 17.1 Å². The maximum absolute atomic E-state index is 12.6. The van der Waals surface area contributed by atoms with E-state index >= 15 is 0 Å². The predicted molar refractivity (Wildman–Crippen MR) is 124 cm³/mol. The van der Waals surface area contributed by atoms with E-state index < -0.39 is 0 Å². The highest BCUT2D eigenvalue weighted by atomic mass is 16.5. The zero-order valence-electron chi connectivity index (χ0n) is 18.6. The van der Waals surface area contributed by atoms with Gasteiger partial charge in [0.2, 0.25) is 11.8 Å². The second-order valence-electron chi connectivity index (χ2n) is 7.74. The SMILES string of the molecule is CCc1ccccc1NC(=O)CN1CCN(C(=O)/C=C/c2cc(C)ccc2OC)CC1. The number of hydrogen-bond acceptors (Lipinski definition) is 4. The number of nitrogens with zero attached hydrogens (tertiary/aromatic N) is 2. The van der Waals surface area contributed by atoms with E-state index in [0.29, 0.717) is 32.7 Å². The third-order valence-electron chi connectivity index (χ3n) is 5.51. The van der Waals surface area contributed by atoms with Crippen LogP contribution >= 0.6 is 0 Å². The van der Waals surface area contributed by atoms with E-state index in [4.69, 9.17) is 4.74 Å². The minimum atomic E-state index is -0.0236. The molecule has 1 N–H and O–H groups in total. The lowest BCUT2D eigenvalue weighted by atomic mass is 10.1. The Labute approximate surface area is 184 Å². The number of amides is 2. The molecule has 1 fully saturated rings. The molecule has 6 heteroatoms. The minimum Gasteiger partial charge on any atom is -0.496 e. The summed E-state index contributed by atoms with van der Waals surface area (Å²) in [4.78, 5) is 29.0. The van der Waals surface area contributed by atoms with Crippen LogP contribution in [-0.4, -0.2) is 61.4 Å². The number of hydrogen-bond donors (Lipinski definition) is 1. The number of anilines is 1. The number of para-hydroxylation sites is 1. The van der Waals surface area contributed by atoms with Gasteiger partial charge in [-0.3, -0.25) is 14.5 Å². The van der Waals surface area contributed by atoms with Crippen LogP contribution in [0.5, 0.6) is 5.75 Å². The van der Waals surface area contributed by atoms with Gasteiger partial charge in [0.25, 0.3) is 0 Å². The normalized spacial score (nSPS) is 14.6. The monoisotopic (exact) mass is 421 g/mol. The van der Waals surface area contributed by atoms with Crippen molar-refractivity contribution in [3.63, 3.8) is 0 Å². The van der Waals surface area contributed by atoms with Gasteiger partial charge in [0.1, 0.15) is 5.75 Å². The van der Waals surface area contributed by atoms with Crippen LogP contribution in [0.4, 0.5) is 5.69 Å². The Kier molecular flexibility index (Phi) is 7.84. The van der Waals surface area contributed by atoms with Crippen LogP contribution in [-0.2, 0) is 16.0 Å². The van der Waals surface area contributed by atoms with Crippen LogP contribution in [0.15, 0.2) is 48.5 Å². The van der Waals surface area contributed by atoms with Crippen molar-refractivity contribution in [1.29, 1.82) is 0 Å². The Bertz CT molecular complexity index is 947. The molecule has 1 aliphatic heterocycles. The van der Waals surface area contributed by atoms with Crippen molar-refractivity contribution in [3.8, 4) is 5.75 Å². The fourth-order valence-corrected chi connectivity index (χ4v) is 3.72. The van der Waals surface area contributed by atoms with E-state index in [0.717, 1.165) is 34.5 Å². The molecule has 2 aromatic rings. The number of aryl methyl sites for hydroxylation is 2. The number of methoxy groups -OCH3 is 1. The lowest BCUT2D eigenvalue weighted by Crippen LogP contribution is -2.50. The van der Waals surface area contributed by atoms with Crippen LogP contribution in [0.1, 0.15) is 23.6 Å². The second kappa shape index (κ2) is 10.8. The first-order valence-electron chi connectivity index (χ1n) is 10.7. The summed E-state index contributed by atoms with van der Waals surface area (Å²) >= 11 is 0. The Hall–Kier alpha value is -3.12. The summed E-state index contributed by atoms with van der Waals surface area (Å²) in [5, 5.41) is 3.01. The maximum Gasteiger partial charge on any atom is 0.246 e. The number of carbonyl (C=O) groups is 2. The van der Waals surface area contributed by atoms with Gasteiger partial charge in [-0.2, -0.15) is 0 Å². The summed E-state index contributed by atoms with van der Waals surface area (Å²) < 4.78 is 5.37. The first-order chi connectivity index (χ1) is 15.0. The largest absolute Gasteiger partial charge is 0.496 e. The number of ether oxygens (including phenoxy) is 1. The minimum absolute atomic E-state index is 0.0212. The summed E-state index contributed by atoms with van der Waals surface area (Å²) in [7, 11) is 1.63. The third-order valence-corrected chi connectivity index (χ3v) is 5.51. The summed E-state index contributed by atoms with van der Waals surface area (Å²) in [6, 6.07) is 13.8. The Morgan fingerprint density at radius 2 is 1.84 bits per heavy atom. The average molecular weight is 422 g/mol. The molecule has 1 heterocycles. The molecule has 1 saturated heterocycles. The van der Waals surface area contributed by atoms with Crippen molar-refractivity contribution in [2.24, 2.45) is 0 Å². The molecule has 6 nitrogen and oxygen atoms in total. The van der Waals surface area contributed by atoms with Crippen LogP contribution < -0.4 is 10.1 Å². The highest BCUT2D eigenvalue weighted by Gasteiger charge is 2.21. The van der Waals surface area contributed by atoms with E-state index in [-0.39, 0.29) is 11.8 Å². The third kappa shape index (κ3) is 6.18. The summed E-state index contributed by atoms with van der Waals surface area (Å²) in [6.45, 7) is 6.97. The smallest absolute Gasteiger partial charge is 0.246 e. The molecule has 0 spiro atoms. The molecule has 164 valence electrons. The summed E-state index contributed by atoms with van der Waals surface area (Å²) in [5.41, 5.74) is 4.00. The van der Waals surface area contributed by atoms with Crippen molar-refractivity contribution in [2.75, 3.05) is 45.2 Å². The maximum atomic E-state index is 12.6. The van der Waals surface area contributed by atoms with Gasteiger partial charge < -0.3 is 15.0 Å². The molecule has 0 atom stereocenters. The fourth-order valence-electron chi connectivity index (χ4n) is 3.72. The number of carbonyl (C=O) groups excluding carboxylic acids is 2. The molecule has 1 aliphatic rings. The zero-order valence-corrected chi connectivity index (χ0v) is 18.6. The molecule has 2 amide bonds. The van der Waals surface area contributed by atoms with Crippen LogP contribution in [0.25, 0.3) is 6.08 Å². The first-order valence-corrected chi connectivity index (χ1v) is 10.7. The van der Waals surface area contributed by atoms with Gasteiger partial charge in [0.05, 0.1) is 13.7 Å². The second-order valence-corrected chi connectivity index (χ2v) is 7.74. The molecular formula is C25H31N3O3. The fraction of sp³-hybridized carbons (Fsp3) is 0.360. The Balaban J connectivity index is 1.49. The van der Waals surface area contributed by atoms with Gasteiger partial charge in [-0.15, -0.1) is 0 Å². The van der Waals surface area contributed by atoms with Crippen LogP contribution in [0.3, 0.4) is 0 Å². The molecule has 31 heavy (non-hydrogen) atoms. The molecule has 2 aromatic carbocycles. The van der Waals surface area contributed by atoms with Crippen molar-refractivity contribution in [3.05, 3.63) is 65.2 Å². The summed E-state index contributed by atoms with van der Waals surface area (Å²) in [5.74, 6) is 0.701. The number of piperazine rings is 1. The lowest BCUT2D eigenvalue weighted by molar-refractivity contribution is -0.127. The van der Waals surface area contributed by atoms with Gasteiger partial charge in [0, 0.05) is 43.5 Å². The van der Waals surface area contributed by atoms with Gasteiger partial charge >= 0.3 is 0 Å². The first kappa shape index (κ1) is 22.6. The molecular weight excluding hydrogens is 390 g/mol. The lowest BCUT2D eigenvalue weighted by Gasteiger charge is -2.33. The van der Waals surface area contributed by atoms with Crippen molar-refractivity contribution in [2.45, 2.75) is 20.3 Å². The van der Waals surface area contributed by atoms with E-state index in [9.17, 15) is 9.59 Å².